The van der Waals surface area contributed by atoms with E-state index in [-0.39, 0.29) is 11.8 Å². The van der Waals surface area contributed by atoms with Gasteiger partial charge in [-0.1, -0.05) is 23.8 Å². The van der Waals surface area contributed by atoms with Crippen molar-refractivity contribution in [3.63, 3.8) is 0 Å². The topological polar surface area (TPSA) is 46.2 Å². The molecule has 0 aromatic heterocycles. The molecular weight excluding hydrogens is 162 g/mol. The highest BCUT2D eigenvalue weighted by atomic mass is 16.3. The zero-order valence-electron chi connectivity index (χ0n) is 7.99. The first-order chi connectivity index (χ1) is 6.09. The molecule has 0 aliphatic carbocycles. The van der Waals surface area contributed by atoms with E-state index in [0.717, 1.165) is 11.1 Å². The molecule has 0 amide bonds. The molecule has 1 aromatic carbocycles. The van der Waals surface area contributed by atoms with Crippen LogP contribution in [0.3, 0.4) is 0 Å². The average Bonchev–Trinajstić information content (AvgIpc) is 2.04. The van der Waals surface area contributed by atoms with Crippen molar-refractivity contribution in [2.24, 2.45) is 5.73 Å². The van der Waals surface area contributed by atoms with Crippen LogP contribution in [0.4, 0.5) is 0 Å². The summed E-state index contributed by atoms with van der Waals surface area (Å²) < 4.78 is 0. The molecule has 1 atom stereocenters. The van der Waals surface area contributed by atoms with Crippen LogP contribution in [0.25, 0.3) is 6.08 Å². The normalized spacial score (nSPS) is 14.2. The summed E-state index contributed by atoms with van der Waals surface area (Å²) in [5, 5.41) is 9.20. The van der Waals surface area contributed by atoms with Crippen LogP contribution in [-0.2, 0) is 0 Å². The molecule has 0 spiro atoms. The monoisotopic (exact) mass is 177 g/mol. The van der Waals surface area contributed by atoms with Gasteiger partial charge < -0.3 is 10.8 Å². The minimum atomic E-state index is 0.0577. The van der Waals surface area contributed by atoms with E-state index in [1.54, 1.807) is 12.1 Å². The summed E-state index contributed by atoms with van der Waals surface area (Å²) in [6.07, 6.45) is 1.98. The fraction of sp³-hybridized carbons (Fsp3) is 0.273. The van der Waals surface area contributed by atoms with E-state index >= 15 is 0 Å². The Balaban J connectivity index is 2.91. The molecule has 1 rings (SSSR count). The zero-order chi connectivity index (χ0) is 9.84. The van der Waals surface area contributed by atoms with Crippen LogP contribution in [0, 0.1) is 0 Å². The number of nitrogens with two attached hydrogens (primary N) is 1. The van der Waals surface area contributed by atoms with Crippen molar-refractivity contribution in [1.82, 2.24) is 0 Å². The standard InChI is InChI=1S/C11H15NO/c1-8(9(2)12)6-10-4-3-5-11(13)7-10/h3-7,9,13H,12H2,1-2H3/b8-6+. The third kappa shape index (κ3) is 2.92. The summed E-state index contributed by atoms with van der Waals surface area (Å²) in [6, 6.07) is 7.17. The third-order valence-corrected chi connectivity index (χ3v) is 1.98. The molecular formula is C11H15NO. The van der Waals surface area contributed by atoms with Gasteiger partial charge in [0.25, 0.3) is 0 Å². The van der Waals surface area contributed by atoms with Crippen molar-refractivity contribution < 1.29 is 5.11 Å². The van der Waals surface area contributed by atoms with E-state index < -0.39 is 0 Å². The second-order valence-corrected chi connectivity index (χ2v) is 3.27. The maximum Gasteiger partial charge on any atom is 0.116 e. The zero-order valence-corrected chi connectivity index (χ0v) is 7.99. The van der Waals surface area contributed by atoms with Gasteiger partial charge in [0.15, 0.2) is 0 Å². The third-order valence-electron chi connectivity index (χ3n) is 1.98. The quantitative estimate of drug-likeness (QED) is 0.727. The molecule has 0 radical (unpaired) electrons. The van der Waals surface area contributed by atoms with Crippen molar-refractivity contribution in [1.29, 1.82) is 0 Å². The largest absolute Gasteiger partial charge is 0.508 e. The van der Waals surface area contributed by atoms with E-state index in [4.69, 9.17) is 5.73 Å². The van der Waals surface area contributed by atoms with Gasteiger partial charge in [0.05, 0.1) is 0 Å². The molecule has 0 saturated carbocycles. The minimum Gasteiger partial charge on any atom is -0.508 e. The summed E-state index contributed by atoms with van der Waals surface area (Å²) >= 11 is 0. The highest BCUT2D eigenvalue weighted by Crippen LogP contribution is 2.14. The highest BCUT2D eigenvalue weighted by Gasteiger charge is 1.97. The lowest BCUT2D eigenvalue weighted by molar-refractivity contribution is 0.475. The first-order valence-electron chi connectivity index (χ1n) is 4.32. The summed E-state index contributed by atoms with van der Waals surface area (Å²) in [5.74, 6) is 0.284. The van der Waals surface area contributed by atoms with Gasteiger partial charge in [-0.15, -0.1) is 0 Å². The summed E-state index contributed by atoms with van der Waals surface area (Å²) in [4.78, 5) is 0. The molecule has 0 saturated heterocycles. The summed E-state index contributed by atoms with van der Waals surface area (Å²) in [7, 11) is 0. The predicted molar refractivity (Wildman–Crippen MR) is 55.4 cm³/mol. The molecule has 13 heavy (non-hydrogen) atoms. The Bertz CT molecular complexity index is 316. The Morgan fingerprint density at radius 2 is 2.23 bits per heavy atom. The Kier molecular flexibility index (Phi) is 3.09. The maximum absolute atomic E-state index is 9.20. The summed E-state index contributed by atoms with van der Waals surface area (Å²) in [5.41, 5.74) is 7.77. The number of aromatic hydroxyl groups is 1. The predicted octanol–water partition coefficient (Wildman–Crippen LogP) is 2.14. The van der Waals surface area contributed by atoms with Crippen molar-refractivity contribution in [3.8, 4) is 5.75 Å². The van der Waals surface area contributed by atoms with Crippen LogP contribution in [-0.4, -0.2) is 11.1 Å². The van der Waals surface area contributed by atoms with Gasteiger partial charge in [-0.05, 0) is 31.5 Å². The Hall–Kier alpha value is -1.28. The van der Waals surface area contributed by atoms with Gasteiger partial charge in [0.2, 0.25) is 0 Å². The van der Waals surface area contributed by atoms with E-state index in [1.807, 2.05) is 32.1 Å². The molecule has 0 fully saturated rings. The second kappa shape index (κ2) is 4.10. The van der Waals surface area contributed by atoms with E-state index in [0.29, 0.717) is 0 Å². The van der Waals surface area contributed by atoms with E-state index in [2.05, 4.69) is 0 Å². The molecule has 2 heteroatoms. The number of phenolic OH excluding ortho intramolecular Hbond substituents is 1. The molecule has 70 valence electrons. The van der Waals surface area contributed by atoms with Crippen molar-refractivity contribution in [2.45, 2.75) is 19.9 Å². The molecule has 0 heterocycles. The van der Waals surface area contributed by atoms with Crippen LogP contribution in [0.5, 0.6) is 5.75 Å². The average molecular weight is 177 g/mol. The van der Waals surface area contributed by atoms with E-state index in [1.165, 1.54) is 0 Å². The first-order valence-corrected chi connectivity index (χ1v) is 4.32. The van der Waals surface area contributed by atoms with Crippen LogP contribution < -0.4 is 5.73 Å². The molecule has 0 bridgehead atoms. The maximum atomic E-state index is 9.20. The number of rotatable bonds is 2. The first kappa shape index (κ1) is 9.81. The Labute approximate surface area is 78.7 Å². The Morgan fingerprint density at radius 1 is 1.54 bits per heavy atom. The van der Waals surface area contributed by atoms with Crippen molar-refractivity contribution >= 4 is 6.08 Å². The van der Waals surface area contributed by atoms with Gasteiger partial charge in [0.1, 0.15) is 5.75 Å². The lowest BCUT2D eigenvalue weighted by Crippen LogP contribution is -2.15. The lowest BCUT2D eigenvalue weighted by Gasteiger charge is -2.04. The number of hydrogen-bond acceptors (Lipinski definition) is 2. The summed E-state index contributed by atoms with van der Waals surface area (Å²) in [6.45, 7) is 3.92. The van der Waals surface area contributed by atoms with Gasteiger partial charge in [-0.25, -0.2) is 0 Å². The van der Waals surface area contributed by atoms with Crippen LogP contribution in [0.15, 0.2) is 29.8 Å². The van der Waals surface area contributed by atoms with Crippen LogP contribution in [0.1, 0.15) is 19.4 Å². The van der Waals surface area contributed by atoms with Crippen molar-refractivity contribution in [3.05, 3.63) is 35.4 Å². The van der Waals surface area contributed by atoms with E-state index in [9.17, 15) is 5.11 Å². The Morgan fingerprint density at radius 3 is 2.77 bits per heavy atom. The molecule has 1 unspecified atom stereocenters. The molecule has 2 nitrogen and oxygen atoms in total. The second-order valence-electron chi connectivity index (χ2n) is 3.27. The lowest BCUT2D eigenvalue weighted by atomic mass is 10.1. The SMILES string of the molecule is C/C(=C\c1cccc(O)c1)C(C)N. The molecule has 0 aliphatic heterocycles. The molecule has 3 N–H and O–H groups in total. The highest BCUT2D eigenvalue weighted by molar-refractivity contribution is 5.55. The molecule has 0 aliphatic rings. The fourth-order valence-electron chi connectivity index (χ4n) is 1.01. The minimum absolute atomic E-state index is 0.0577. The van der Waals surface area contributed by atoms with Gasteiger partial charge in [-0.2, -0.15) is 0 Å². The van der Waals surface area contributed by atoms with Crippen molar-refractivity contribution in [2.75, 3.05) is 0 Å². The number of phenols is 1. The fourth-order valence-corrected chi connectivity index (χ4v) is 1.01. The van der Waals surface area contributed by atoms with Gasteiger partial charge in [0, 0.05) is 6.04 Å². The number of hydrogen-bond donors (Lipinski definition) is 2. The van der Waals surface area contributed by atoms with Gasteiger partial charge >= 0.3 is 0 Å². The van der Waals surface area contributed by atoms with Crippen LogP contribution in [0.2, 0.25) is 0 Å². The van der Waals surface area contributed by atoms with Crippen LogP contribution >= 0.6 is 0 Å². The number of benzene rings is 1. The molecule has 1 aromatic rings. The van der Waals surface area contributed by atoms with Gasteiger partial charge in [-0.3, -0.25) is 0 Å². The smallest absolute Gasteiger partial charge is 0.116 e.